The van der Waals surface area contributed by atoms with Gasteiger partial charge in [0.1, 0.15) is 0 Å². The van der Waals surface area contributed by atoms with Crippen molar-refractivity contribution in [2.75, 3.05) is 4.81 Å². The highest BCUT2D eigenvalue weighted by molar-refractivity contribution is 6.84. The number of aromatic nitrogens is 3. The molecule has 5 heteroatoms. The zero-order valence-electron chi connectivity index (χ0n) is 26.1. The molecule has 0 saturated heterocycles. The van der Waals surface area contributed by atoms with Crippen molar-refractivity contribution in [1.29, 1.82) is 0 Å². The van der Waals surface area contributed by atoms with Crippen molar-refractivity contribution in [1.82, 2.24) is 15.0 Å². The van der Waals surface area contributed by atoms with Gasteiger partial charge in [0.15, 0.2) is 17.5 Å². The van der Waals surface area contributed by atoms with Crippen LogP contribution < -0.4 is 10.3 Å². The van der Waals surface area contributed by atoms with Gasteiger partial charge in [0.05, 0.1) is 0 Å². The maximum absolute atomic E-state index is 5.01. The SMILES string of the molecule is C1=CC(c2cccc(-c3ccccc3)c2)=CN2B1c1ccccc1-c1cc(-c3nc(-c4ccccc4)nc(-c4ccccc4)n3)ccc12. The summed E-state index contributed by atoms with van der Waals surface area (Å²) in [5.74, 6) is 4.29. The molecule has 9 rings (SSSR count). The first-order valence-corrected chi connectivity index (χ1v) is 16.2. The van der Waals surface area contributed by atoms with Gasteiger partial charge in [-0.1, -0.05) is 146 Å². The van der Waals surface area contributed by atoms with Crippen molar-refractivity contribution in [2.24, 2.45) is 0 Å². The average molecular weight is 613 g/mol. The van der Waals surface area contributed by atoms with E-state index >= 15 is 0 Å². The van der Waals surface area contributed by atoms with Crippen molar-refractivity contribution >= 4 is 23.6 Å². The molecule has 6 aromatic carbocycles. The van der Waals surface area contributed by atoms with E-state index in [-0.39, 0.29) is 6.85 Å². The van der Waals surface area contributed by atoms with Crippen LogP contribution >= 0.6 is 0 Å². The maximum Gasteiger partial charge on any atom is 0.320 e. The molecule has 0 amide bonds. The van der Waals surface area contributed by atoms with Crippen molar-refractivity contribution in [3.63, 3.8) is 0 Å². The number of nitrogens with zero attached hydrogens (tertiary/aromatic N) is 4. The van der Waals surface area contributed by atoms with Gasteiger partial charge in [0, 0.05) is 27.9 Å². The topological polar surface area (TPSA) is 41.9 Å². The summed E-state index contributed by atoms with van der Waals surface area (Å²) in [5, 5.41) is 0. The van der Waals surface area contributed by atoms with Gasteiger partial charge in [-0.25, -0.2) is 15.0 Å². The van der Waals surface area contributed by atoms with Gasteiger partial charge in [-0.3, -0.25) is 0 Å². The Hall–Kier alpha value is -6.33. The number of fused-ring (bicyclic) bond motifs is 6. The minimum atomic E-state index is 0.104. The zero-order valence-corrected chi connectivity index (χ0v) is 26.1. The van der Waals surface area contributed by atoms with Crippen LogP contribution in [-0.4, -0.2) is 21.8 Å². The molecule has 224 valence electrons. The van der Waals surface area contributed by atoms with E-state index in [0.29, 0.717) is 17.5 Å². The van der Waals surface area contributed by atoms with Gasteiger partial charge in [-0.2, -0.15) is 0 Å². The average Bonchev–Trinajstić information content (AvgIpc) is 3.18. The molecule has 1 aromatic heterocycles. The summed E-state index contributed by atoms with van der Waals surface area (Å²) in [6.45, 7) is 0.104. The first kappa shape index (κ1) is 27.9. The second kappa shape index (κ2) is 11.8. The fourth-order valence-corrected chi connectivity index (χ4v) is 6.77. The van der Waals surface area contributed by atoms with Gasteiger partial charge in [0.2, 0.25) is 0 Å². The Kier molecular flexibility index (Phi) is 6.87. The van der Waals surface area contributed by atoms with Crippen LogP contribution in [0.5, 0.6) is 0 Å². The Labute approximate surface area is 280 Å². The normalized spacial score (nSPS) is 13.0. The monoisotopic (exact) mass is 612 g/mol. The predicted molar refractivity (Wildman–Crippen MR) is 198 cm³/mol. The first-order chi connectivity index (χ1) is 23.8. The summed E-state index contributed by atoms with van der Waals surface area (Å²) in [6, 6.07) is 54.9. The third-order valence-corrected chi connectivity index (χ3v) is 9.14. The maximum atomic E-state index is 5.01. The molecule has 3 heterocycles. The number of hydrogen-bond acceptors (Lipinski definition) is 4. The summed E-state index contributed by atoms with van der Waals surface area (Å²) >= 11 is 0. The third-order valence-electron chi connectivity index (χ3n) is 9.14. The molecule has 0 aliphatic carbocycles. The van der Waals surface area contributed by atoms with E-state index in [1.807, 2.05) is 60.7 Å². The molecule has 4 nitrogen and oxygen atoms in total. The van der Waals surface area contributed by atoms with Gasteiger partial charge < -0.3 is 4.81 Å². The number of rotatable bonds is 5. The zero-order chi connectivity index (χ0) is 31.9. The van der Waals surface area contributed by atoms with Crippen LogP contribution in [0.15, 0.2) is 176 Å². The smallest absolute Gasteiger partial charge is 0.320 e. The molecule has 0 fully saturated rings. The molecule has 0 saturated carbocycles. The molecule has 2 aliphatic rings. The molecule has 0 atom stereocenters. The molecule has 0 unspecified atom stereocenters. The molecule has 0 spiro atoms. The third kappa shape index (κ3) is 5.02. The van der Waals surface area contributed by atoms with Crippen LogP contribution in [0.1, 0.15) is 5.56 Å². The molecule has 48 heavy (non-hydrogen) atoms. The van der Waals surface area contributed by atoms with Crippen molar-refractivity contribution < 1.29 is 0 Å². The summed E-state index contributed by atoms with van der Waals surface area (Å²) in [6.07, 6.45) is 4.57. The van der Waals surface area contributed by atoms with Crippen LogP contribution in [0.3, 0.4) is 0 Å². The van der Waals surface area contributed by atoms with E-state index in [4.69, 9.17) is 15.0 Å². The van der Waals surface area contributed by atoms with E-state index in [9.17, 15) is 0 Å². The number of hydrogen-bond donors (Lipinski definition) is 0. The Bertz CT molecular complexity index is 2290. The molecule has 0 bridgehead atoms. The molecular formula is C43H29BN4. The number of benzene rings is 6. The van der Waals surface area contributed by atoms with Crippen molar-refractivity contribution in [3.8, 4) is 56.4 Å². The number of allylic oxidation sites excluding steroid dienone is 2. The molecule has 0 radical (unpaired) electrons. The molecular weight excluding hydrogens is 583 g/mol. The Balaban J connectivity index is 1.16. The largest absolute Gasteiger partial charge is 0.382 e. The van der Waals surface area contributed by atoms with Gasteiger partial charge in [-0.05, 0) is 63.8 Å². The molecule has 7 aromatic rings. The highest BCUT2D eigenvalue weighted by atomic mass is 15.1. The molecule has 2 aliphatic heterocycles. The van der Waals surface area contributed by atoms with E-state index in [1.165, 1.54) is 33.3 Å². The minimum Gasteiger partial charge on any atom is -0.382 e. The van der Waals surface area contributed by atoms with E-state index in [2.05, 4.69) is 120 Å². The Morgan fingerprint density at radius 3 is 1.67 bits per heavy atom. The highest BCUT2D eigenvalue weighted by Crippen LogP contribution is 2.41. The van der Waals surface area contributed by atoms with E-state index in [0.717, 1.165) is 27.9 Å². The lowest BCUT2D eigenvalue weighted by Crippen LogP contribution is -2.49. The Morgan fingerprint density at radius 2 is 0.979 bits per heavy atom. The van der Waals surface area contributed by atoms with Crippen LogP contribution in [0, 0.1) is 0 Å². The first-order valence-electron chi connectivity index (χ1n) is 16.2. The van der Waals surface area contributed by atoms with Gasteiger partial charge in [-0.15, -0.1) is 0 Å². The second-order valence-electron chi connectivity index (χ2n) is 12.1. The fraction of sp³-hybridized carbons (Fsp3) is 0. The summed E-state index contributed by atoms with van der Waals surface area (Å²) in [4.78, 5) is 17.3. The van der Waals surface area contributed by atoms with Gasteiger partial charge >= 0.3 is 6.85 Å². The lowest BCUT2D eigenvalue weighted by atomic mass is 9.49. The fourth-order valence-electron chi connectivity index (χ4n) is 6.77. The van der Waals surface area contributed by atoms with Crippen LogP contribution in [0.25, 0.3) is 62.0 Å². The molecule has 0 N–H and O–H groups in total. The van der Waals surface area contributed by atoms with Gasteiger partial charge in [0.25, 0.3) is 0 Å². The lowest BCUT2D eigenvalue weighted by molar-refractivity contribution is 1.07. The number of anilines is 1. The van der Waals surface area contributed by atoms with Crippen LogP contribution in [0.4, 0.5) is 5.69 Å². The minimum absolute atomic E-state index is 0.104. The summed E-state index contributed by atoms with van der Waals surface area (Å²) < 4.78 is 0. The van der Waals surface area contributed by atoms with Crippen molar-refractivity contribution in [3.05, 3.63) is 182 Å². The standard InChI is InChI=1S/C43H29BN4/c1-4-13-30(14-5-1)33-19-12-20-34(27-33)36-25-26-44-39-22-11-10-21-37(39)38-28-35(23-24-40(38)48(44)29-36)43-46-41(31-15-6-2-7-16-31)45-42(47-43)32-17-8-3-9-18-32/h1-29H. The predicted octanol–water partition coefficient (Wildman–Crippen LogP) is 9.38. The van der Waals surface area contributed by atoms with Crippen LogP contribution in [-0.2, 0) is 0 Å². The summed E-state index contributed by atoms with van der Waals surface area (Å²) in [5.41, 5.74) is 12.5. The Morgan fingerprint density at radius 1 is 0.417 bits per heavy atom. The van der Waals surface area contributed by atoms with E-state index in [1.54, 1.807) is 0 Å². The second-order valence-corrected chi connectivity index (χ2v) is 12.1. The highest BCUT2D eigenvalue weighted by Gasteiger charge is 2.34. The van der Waals surface area contributed by atoms with Crippen LogP contribution in [0.2, 0.25) is 0 Å². The van der Waals surface area contributed by atoms with Crippen molar-refractivity contribution in [2.45, 2.75) is 0 Å². The lowest BCUT2D eigenvalue weighted by Gasteiger charge is -2.37. The van der Waals surface area contributed by atoms with E-state index < -0.39 is 0 Å². The quantitative estimate of drug-likeness (QED) is 0.182. The summed E-state index contributed by atoms with van der Waals surface area (Å²) in [7, 11) is 0.